The van der Waals surface area contributed by atoms with Crippen LogP contribution < -0.4 is 0 Å². The van der Waals surface area contributed by atoms with Gasteiger partial charge in [-0.15, -0.1) is 6.58 Å². The van der Waals surface area contributed by atoms with Crippen LogP contribution in [-0.2, 0) is 0 Å². The van der Waals surface area contributed by atoms with E-state index < -0.39 is 73.3 Å². The van der Waals surface area contributed by atoms with Crippen LogP contribution in [0, 0.1) is 0 Å². The molecule has 0 heterocycles. The Hall–Kier alpha value is -1.30. The maximum Gasteiger partial charge on any atom is 0.0877 e. The predicted octanol–water partition coefficient (Wildman–Crippen LogP) is 13.5. The fourth-order valence-electron chi connectivity index (χ4n) is 12.1. The maximum atomic E-state index is 11.2. The Kier molecular flexibility index (Phi) is 35.8. The Bertz CT molecular complexity index is 1810. The molecule has 0 amide bonds. The van der Waals surface area contributed by atoms with Crippen molar-refractivity contribution >= 4 is 0 Å². The minimum Gasteiger partial charge on any atom is -0.390 e. The van der Waals surface area contributed by atoms with Gasteiger partial charge in [0.1, 0.15) is 0 Å². The van der Waals surface area contributed by atoms with Gasteiger partial charge < -0.3 is 66.4 Å². The van der Waals surface area contributed by atoms with E-state index >= 15 is 0 Å². The summed E-state index contributed by atoms with van der Waals surface area (Å²) in [7, 11) is 0. The first-order valence-corrected chi connectivity index (χ1v) is 32.9. The fraction of sp³-hybridized carbons (Fsp3) is 0.914. The molecule has 494 valence electrons. The van der Waals surface area contributed by atoms with Crippen LogP contribution in [0.15, 0.2) is 36.0 Å². The van der Waals surface area contributed by atoms with Crippen molar-refractivity contribution in [2.24, 2.45) is 0 Å². The van der Waals surface area contributed by atoms with Crippen molar-refractivity contribution in [3.8, 4) is 0 Å². The van der Waals surface area contributed by atoms with E-state index in [2.05, 4.69) is 26.5 Å². The molecule has 0 aliphatic carbocycles. The number of hydrogen-bond donors (Lipinski definition) is 13. The number of rotatable bonds is 51. The smallest absolute Gasteiger partial charge is 0.0877 e. The second-order valence-electron chi connectivity index (χ2n) is 30.9. The quantitative estimate of drug-likeness (QED) is 0.0253. The minimum atomic E-state index is -1.29. The van der Waals surface area contributed by atoms with Crippen LogP contribution in [0.1, 0.15) is 335 Å². The number of allylic oxidation sites excluding steroid dienone is 4. The molecule has 0 saturated carbocycles. The van der Waals surface area contributed by atoms with Gasteiger partial charge in [-0.3, -0.25) is 0 Å². The molecule has 83 heavy (non-hydrogen) atoms. The van der Waals surface area contributed by atoms with Gasteiger partial charge in [0.05, 0.1) is 73.3 Å². The molecule has 0 aromatic carbocycles. The van der Waals surface area contributed by atoms with Crippen LogP contribution >= 0.6 is 0 Å². The van der Waals surface area contributed by atoms with E-state index in [0.717, 1.165) is 18.4 Å². The lowest BCUT2D eigenvalue weighted by Crippen LogP contribution is -2.39. The third-order valence-electron chi connectivity index (χ3n) is 18.6. The number of aliphatic hydroxyl groups excluding tert-OH is 1. The van der Waals surface area contributed by atoms with Crippen molar-refractivity contribution in [1.29, 1.82) is 0 Å². The van der Waals surface area contributed by atoms with Crippen molar-refractivity contribution in [3.63, 3.8) is 0 Å². The molecule has 0 aromatic rings. The van der Waals surface area contributed by atoms with Crippen molar-refractivity contribution < 1.29 is 66.4 Å². The Labute approximate surface area is 508 Å². The summed E-state index contributed by atoms with van der Waals surface area (Å²) in [6, 6.07) is 0. The molecule has 0 fully saturated rings. The molecule has 0 aliphatic heterocycles. The number of hydrogen-bond acceptors (Lipinski definition) is 13. The molecule has 13 atom stereocenters. The standard InChI is InChI=1S/C70H136O13/c1-17-59(5,72)34-19-31-57(4)32-33-58(71)70(16,83)55-29-54-69(15,82)53-28-52-68(14,81)51-27-50-67(13,80)49-26-48-66(12,79)47-25-46-65(11,78)45-24-44-64(10,77)43-23-42-63(9,76)41-22-40-62(8,75)39-21-38-61(7,74)37-20-36-60(6,73)35-18-30-56(2)3/h17,30-31,58,71-83H,1,18-29,32-55H2,2-16H3. The Morgan fingerprint density at radius 1 is 0.313 bits per heavy atom. The van der Waals surface area contributed by atoms with E-state index in [0.29, 0.717) is 218 Å². The van der Waals surface area contributed by atoms with Crippen LogP contribution in [0.2, 0.25) is 0 Å². The normalized spacial score (nSPS) is 21.8. The van der Waals surface area contributed by atoms with Gasteiger partial charge >= 0.3 is 0 Å². The highest BCUT2D eigenvalue weighted by Gasteiger charge is 2.34. The number of aliphatic hydroxyl groups is 13. The van der Waals surface area contributed by atoms with Gasteiger partial charge in [0.2, 0.25) is 0 Å². The maximum absolute atomic E-state index is 11.2. The summed E-state index contributed by atoms with van der Waals surface area (Å²) in [5.74, 6) is 0. The van der Waals surface area contributed by atoms with E-state index in [9.17, 15) is 66.4 Å². The summed E-state index contributed by atoms with van der Waals surface area (Å²) in [6.45, 7) is 31.3. The lowest BCUT2D eigenvalue weighted by Gasteiger charge is -2.32. The third-order valence-corrected chi connectivity index (χ3v) is 18.6. The first kappa shape index (κ1) is 81.7. The Morgan fingerprint density at radius 3 is 0.735 bits per heavy atom. The summed E-state index contributed by atoms with van der Waals surface area (Å²) in [4.78, 5) is 0. The first-order valence-electron chi connectivity index (χ1n) is 32.9. The second-order valence-corrected chi connectivity index (χ2v) is 30.9. The summed E-state index contributed by atoms with van der Waals surface area (Å²) < 4.78 is 0. The lowest BCUT2D eigenvalue weighted by molar-refractivity contribution is -0.0746. The molecule has 0 aliphatic rings. The van der Waals surface area contributed by atoms with Gasteiger partial charge in [0.25, 0.3) is 0 Å². The highest BCUT2D eigenvalue weighted by Crippen LogP contribution is 2.35. The first-order chi connectivity index (χ1) is 37.6. The predicted molar refractivity (Wildman–Crippen MR) is 343 cm³/mol. The molecule has 0 aromatic heterocycles. The molecule has 0 rings (SSSR count). The summed E-state index contributed by atoms with van der Waals surface area (Å²) in [6.07, 6.45) is 25.3. The monoisotopic (exact) mass is 1180 g/mol. The Morgan fingerprint density at radius 2 is 0.518 bits per heavy atom. The summed E-state index contributed by atoms with van der Waals surface area (Å²) >= 11 is 0. The molecule has 0 saturated heterocycles. The van der Waals surface area contributed by atoms with Gasteiger partial charge in [0.15, 0.2) is 0 Å². The average molecular weight is 1190 g/mol. The summed E-state index contributed by atoms with van der Waals surface area (Å²) in [5.41, 5.74) is -9.05. The lowest BCUT2D eigenvalue weighted by atomic mass is 9.83. The van der Waals surface area contributed by atoms with Gasteiger partial charge in [-0.05, 0) is 335 Å². The topological polar surface area (TPSA) is 263 Å². The molecule has 13 heteroatoms. The van der Waals surface area contributed by atoms with Gasteiger partial charge in [-0.2, -0.15) is 0 Å². The van der Waals surface area contributed by atoms with Crippen molar-refractivity contribution in [2.75, 3.05) is 0 Å². The highest BCUT2D eigenvalue weighted by atomic mass is 16.3. The van der Waals surface area contributed by atoms with Gasteiger partial charge in [0, 0.05) is 0 Å². The van der Waals surface area contributed by atoms with Crippen LogP contribution in [-0.4, -0.2) is 140 Å². The SMILES string of the molecule is C=CC(C)(O)CCC=C(C)CCC(O)C(C)(O)CCCC(C)(O)CCCC(C)(O)CCCC(C)(O)CCCC(C)(O)CCCC(C)(O)CCCC(C)(O)CCCC(C)(O)CCCC(C)(O)CCCC(C)(O)CCCC(C)(O)CCC=C(C)C. The molecular weight excluding hydrogens is 1050 g/mol. The molecule has 13 N–H and O–H groups in total. The van der Waals surface area contributed by atoms with E-state index in [1.165, 1.54) is 11.6 Å². The minimum absolute atomic E-state index is 0.344. The molecular formula is C70H136O13. The molecule has 0 spiro atoms. The third kappa shape index (κ3) is 43.9. The highest BCUT2D eigenvalue weighted by molar-refractivity contribution is 5.02. The molecule has 0 bridgehead atoms. The van der Waals surface area contributed by atoms with Crippen LogP contribution in [0.3, 0.4) is 0 Å². The molecule has 13 nitrogen and oxygen atoms in total. The van der Waals surface area contributed by atoms with E-state index in [1.54, 1.807) is 34.6 Å². The van der Waals surface area contributed by atoms with Gasteiger partial charge in [-0.25, -0.2) is 0 Å². The van der Waals surface area contributed by atoms with Crippen LogP contribution in [0.25, 0.3) is 0 Å². The second kappa shape index (κ2) is 36.4. The largest absolute Gasteiger partial charge is 0.390 e. The molecule has 13 unspecified atom stereocenters. The fourth-order valence-corrected chi connectivity index (χ4v) is 12.1. The van der Waals surface area contributed by atoms with Gasteiger partial charge in [-0.1, -0.05) is 29.4 Å². The van der Waals surface area contributed by atoms with E-state index in [4.69, 9.17) is 0 Å². The van der Waals surface area contributed by atoms with E-state index in [-0.39, 0.29) is 0 Å². The zero-order valence-electron chi connectivity index (χ0n) is 56.3. The zero-order chi connectivity index (χ0) is 64.3. The van der Waals surface area contributed by atoms with Crippen molar-refractivity contribution in [2.45, 2.75) is 408 Å². The van der Waals surface area contributed by atoms with E-state index in [1.807, 2.05) is 61.5 Å². The molecule has 0 radical (unpaired) electrons. The Balaban J connectivity index is 4.53. The van der Waals surface area contributed by atoms with Crippen LogP contribution in [0.5, 0.6) is 0 Å². The van der Waals surface area contributed by atoms with Crippen molar-refractivity contribution in [1.82, 2.24) is 0 Å². The summed E-state index contributed by atoms with van der Waals surface area (Å²) in [5, 5.41) is 143. The average Bonchev–Trinajstić information content (AvgIpc) is 3.29. The zero-order valence-corrected chi connectivity index (χ0v) is 56.3. The van der Waals surface area contributed by atoms with Crippen molar-refractivity contribution in [3.05, 3.63) is 36.0 Å². The van der Waals surface area contributed by atoms with Crippen LogP contribution in [0.4, 0.5) is 0 Å².